The van der Waals surface area contributed by atoms with E-state index >= 15 is 0 Å². The van der Waals surface area contributed by atoms with Gasteiger partial charge >= 0.3 is 0 Å². The van der Waals surface area contributed by atoms with E-state index in [9.17, 15) is 4.79 Å². The molecule has 0 aromatic heterocycles. The van der Waals surface area contributed by atoms with Crippen LogP contribution in [0.4, 0.5) is 0 Å². The van der Waals surface area contributed by atoms with Crippen molar-refractivity contribution < 1.29 is 14.7 Å². The zero-order valence-electron chi connectivity index (χ0n) is 6.86. The van der Waals surface area contributed by atoms with Gasteiger partial charge in [0.1, 0.15) is 13.3 Å². The minimum atomic E-state index is -0.398. The second-order valence-corrected chi connectivity index (χ2v) is 2.68. The molecular weight excluding hydrogens is 160 g/mol. The first-order valence-corrected chi connectivity index (χ1v) is 3.79. The molecule has 2 atom stereocenters. The molecule has 1 rings (SSSR count). The van der Waals surface area contributed by atoms with Crippen molar-refractivity contribution in [2.24, 2.45) is 5.16 Å². The molecule has 1 saturated carbocycles. The predicted molar refractivity (Wildman–Crippen MR) is 42.7 cm³/mol. The Morgan fingerprint density at radius 1 is 1.75 bits per heavy atom. The van der Waals surface area contributed by atoms with E-state index in [2.05, 4.69) is 15.3 Å². The van der Waals surface area contributed by atoms with Gasteiger partial charge in [-0.15, -0.1) is 0 Å². The zero-order valence-corrected chi connectivity index (χ0v) is 6.86. The Labute approximate surface area is 70.4 Å². The topological polar surface area (TPSA) is 70.9 Å². The van der Waals surface area contributed by atoms with Crippen LogP contribution in [0, 0.1) is 0 Å². The van der Waals surface area contributed by atoms with E-state index in [1.165, 1.54) is 7.11 Å². The average Bonchev–Trinajstić information content (AvgIpc) is 2.08. The molecular formula is C7H12N2O3. The molecule has 5 heteroatoms. The first-order valence-electron chi connectivity index (χ1n) is 3.79. The summed E-state index contributed by atoms with van der Waals surface area (Å²) in [6, 6.07) is -0.110. The Morgan fingerprint density at radius 3 is 2.92 bits per heavy atom. The van der Waals surface area contributed by atoms with Crippen molar-refractivity contribution in [2.75, 3.05) is 7.11 Å². The summed E-state index contributed by atoms with van der Waals surface area (Å²) in [4.78, 5) is 15.2. The minimum absolute atomic E-state index is 0.110. The number of nitrogens with zero attached hydrogens (tertiary/aromatic N) is 1. The number of hydrogen-bond donors (Lipinski definition) is 2. The molecule has 1 amide bonds. The van der Waals surface area contributed by atoms with Crippen LogP contribution in [0.2, 0.25) is 0 Å². The molecule has 2 N–H and O–H groups in total. The summed E-state index contributed by atoms with van der Waals surface area (Å²) < 4.78 is 0. The lowest BCUT2D eigenvalue weighted by molar-refractivity contribution is -0.117. The van der Waals surface area contributed by atoms with Gasteiger partial charge < -0.3 is 15.3 Å². The van der Waals surface area contributed by atoms with Crippen molar-refractivity contribution in [1.29, 1.82) is 0 Å². The minimum Gasteiger partial charge on any atom is -0.399 e. The third-order valence-electron chi connectivity index (χ3n) is 1.84. The highest BCUT2D eigenvalue weighted by Gasteiger charge is 2.29. The van der Waals surface area contributed by atoms with Gasteiger partial charge in [0.15, 0.2) is 0 Å². The van der Waals surface area contributed by atoms with E-state index < -0.39 is 6.10 Å². The lowest BCUT2D eigenvalue weighted by Crippen LogP contribution is -2.50. The van der Waals surface area contributed by atoms with Crippen LogP contribution in [-0.2, 0) is 9.63 Å². The Morgan fingerprint density at radius 2 is 2.50 bits per heavy atom. The van der Waals surface area contributed by atoms with E-state index in [1.54, 1.807) is 0 Å². The fourth-order valence-corrected chi connectivity index (χ4v) is 0.971. The van der Waals surface area contributed by atoms with E-state index in [1.807, 2.05) is 0 Å². The van der Waals surface area contributed by atoms with Crippen LogP contribution in [-0.4, -0.2) is 36.5 Å². The lowest BCUT2D eigenvalue weighted by Gasteiger charge is -2.32. The van der Waals surface area contributed by atoms with Crippen LogP contribution in [0.25, 0.3) is 0 Å². The molecule has 0 aliphatic heterocycles. The molecule has 0 unspecified atom stereocenters. The fraction of sp³-hybridized carbons (Fsp3) is 0.714. The Bertz CT molecular complexity index is 193. The first kappa shape index (κ1) is 8.99. The number of rotatable bonds is 3. The van der Waals surface area contributed by atoms with E-state index in [0.717, 1.165) is 19.1 Å². The summed E-state index contributed by atoms with van der Waals surface area (Å²) in [6.07, 6.45) is 2.23. The van der Waals surface area contributed by atoms with E-state index in [0.29, 0.717) is 0 Å². The van der Waals surface area contributed by atoms with Gasteiger partial charge in [0, 0.05) is 0 Å². The van der Waals surface area contributed by atoms with Gasteiger partial charge in [0.25, 0.3) is 5.91 Å². The molecule has 0 bridgehead atoms. The fourth-order valence-electron chi connectivity index (χ4n) is 0.971. The number of aliphatic hydroxyl groups is 1. The molecule has 5 nitrogen and oxygen atoms in total. The normalized spacial score (nSPS) is 28.2. The van der Waals surface area contributed by atoms with Crippen molar-refractivity contribution in [1.82, 2.24) is 5.32 Å². The monoisotopic (exact) mass is 172 g/mol. The molecule has 0 radical (unpaired) electrons. The first-order chi connectivity index (χ1) is 5.74. The second-order valence-electron chi connectivity index (χ2n) is 2.68. The smallest absolute Gasteiger partial charge is 0.266 e. The standard InChI is InChI=1S/C7H12N2O3/c1-12-8-4-7(11)9-5-2-3-6(5)10/h4-6,10H,2-3H2,1H3,(H,9,11)/b8-4+/t5-,6-/m1/s1. The van der Waals surface area contributed by atoms with Gasteiger partial charge in [-0.25, -0.2) is 0 Å². The predicted octanol–water partition coefficient (Wildman–Crippen LogP) is -0.742. The number of carbonyl (C=O) groups excluding carboxylic acids is 1. The molecule has 68 valence electrons. The highest BCUT2D eigenvalue weighted by Crippen LogP contribution is 2.18. The SMILES string of the molecule is CO/N=C/C(=O)N[C@@H]1CC[C@H]1O. The molecule has 1 fully saturated rings. The summed E-state index contributed by atoms with van der Waals surface area (Å²) in [6.45, 7) is 0. The van der Waals surface area contributed by atoms with Crippen LogP contribution in [0.15, 0.2) is 5.16 Å². The Kier molecular flexibility index (Phi) is 3.04. The number of oxime groups is 1. The third kappa shape index (κ3) is 2.20. The van der Waals surface area contributed by atoms with Crippen molar-refractivity contribution in [3.05, 3.63) is 0 Å². The molecule has 1 aliphatic carbocycles. The largest absolute Gasteiger partial charge is 0.399 e. The highest BCUT2D eigenvalue weighted by atomic mass is 16.6. The summed E-state index contributed by atoms with van der Waals surface area (Å²) >= 11 is 0. The number of hydrogen-bond acceptors (Lipinski definition) is 4. The second kappa shape index (κ2) is 4.06. The molecule has 0 aromatic carbocycles. The van der Waals surface area contributed by atoms with Crippen LogP contribution in [0.5, 0.6) is 0 Å². The third-order valence-corrected chi connectivity index (χ3v) is 1.84. The maximum atomic E-state index is 10.9. The summed E-state index contributed by atoms with van der Waals surface area (Å²) in [7, 11) is 1.36. The quantitative estimate of drug-likeness (QED) is 0.435. The molecule has 0 spiro atoms. The summed E-state index contributed by atoms with van der Waals surface area (Å²) in [5, 5.41) is 15.0. The molecule has 12 heavy (non-hydrogen) atoms. The zero-order chi connectivity index (χ0) is 8.97. The van der Waals surface area contributed by atoms with Crippen LogP contribution in [0.3, 0.4) is 0 Å². The summed E-state index contributed by atoms with van der Waals surface area (Å²) in [5.41, 5.74) is 0. The van der Waals surface area contributed by atoms with Crippen LogP contribution >= 0.6 is 0 Å². The summed E-state index contributed by atoms with van der Waals surface area (Å²) in [5.74, 6) is -0.333. The van der Waals surface area contributed by atoms with E-state index in [4.69, 9.17) is 5.11 Å². The molecule has 0 heterocycles. The van der Waals surface area contributed by atoms with Crippen molar-refractivity contribution in [3.8, 4) is 0 Å². The van der Waals surface area contributed by atoms with Gasteiger partial charge in [-0.05, 0) is 12.8 Å². The van der Waals surface area contributed by atoms with Gasteiger partial charge in [-0.3, -0.25) is 4.79 Å². The lowest BCUT2D eigenvalue weighted by atomic mass is 9.89. The van der Waals surface area contributed by atoms with Crippen LogP contribution in [0.1, 0.15) is 12.8 Å². The number of aliphatic hydroxyl groups excluding tert-OH is 1. The van der Waals surface area contributed by atoms with Gasteiger partial charge in [0.05, 0.1) is 12.1 Å². The number of carbonyl (C=O) groups is 1. The van der Waals surface area contributed by atoms with Gasteiger partial charge in [-0.2, -0.15) is 0 Å². The van der Waals surface area contributed by atoms with Gasteiger partial charge in [0.2, 0.25) is 0 Å². The molecule has 0 saturated heterocycles. The maximum absolute atomic E-state index is 10.9. The molecule has 0 aromatic rings. The number of nitrogens with one attached hydrogen (secondary N) is 1. The number of amides is 1. The maximum Gasteiger partial charge on any atom is 0.266 e. The Balaban J connectivity index is 2.22. The average molecular weight is 172 g/mol. The Hall–Kier alpha value is -1.10. The van der Waals surface area contributed by atoms with Crippen LogP contribution < -0.4 is 5.32 Å². The van der Waals surface area contributed by atoms with Crippen molar-refractivity contribution >= 4 is 12.1 Å². The van der Waals surface area contributed by atoms with Crippen molar-refractivity contribution in [2.45, 2.75) is 25.0 Å². The van der Waals surface area contributed by atoms with Gasteiger partial charge in [-0.1, -0.05) is 5.16 Å². The van der Waals surface area contributed by atoms with E-state index in [-0.39, 0.29) is 11.9 Å². The van der Waals surface area contributed by atoms with Crippen molar-refractivity contribution in [3.63, 3.8) is 0 Å². The molecule has 1 aliphatic rings. The highest BCUT2D eigenvalue weighted by molar-refractivity contribution is 6.26.